The molecule has 0 aliphatic rings. The molecule has 2 rings (SSSR count). The van der Waals surface area contributed by atoms with E-state index in [4.69, 9.17) is 16.3 Å². The summed E-state index contributed by atoms with van der Waals surface area (Å²) >= 11 is 7.10. The van der Waals surface area contributed by atoms with Gasteiger partial charge in [0.15, 0.2) is 6.10 Å². The lowest BCUT2D eigenvalue weighted by Crippen LogP contribution is -2.29. The normalized spacial score (nSPS) is 12.1. The van der Waals surface area contributed by atoms with E-state index in [0.717, 1.165) is 10.9 Å². The Morgan fingerprint density at radius 3 is 2.83 bits per heavy atom. The predicted molar refractivity (Wildman–Crippen MR) is 88.9 cm³/mol. The monoisotopic (exact) mass is 353 g/mol. The van der Waals surface area contributed by atoms with Crippen LogP contribution in [-0.4, -0.2) is 18.0 Å². The Kier molecular flexibility index (Phi) is 5.90. The second-order valence-corrected chi connectivity index (χ2v) is 5.96. The van der Waals surface area contributed by atoms with E-state index in [0.29, 0.717) is 0 Å². The minimum atomic E-state index is -1.06. The maximum absolute atomic E-state index is 13.6. The van der Waals surface area contributed by atoms with Crippen molar-refractivity contribution in [2.24, 2.45) is 0 Å². The van der Waals surface area contributed by atoms with Gasteiger partial charge >= 0.3 is 5.97 Å². The number of carbonyl (C=O) groups excluding carboxylic acids is 2. The number of hydrogen-bond donors (Lipinski definition) is 1. The highest BCUT2D eigenvalue weighted by Gasteiger charge is 2.18. The van der Waals surface area contributed by atoms with Crippen LogP contribution in [0.4, 0.5) is 10.1 Å². The van der Waals surface area contributed by atoms with Crippen molar-refractivity contribution < 1.29 is 18.7 Å². The van der Waals surface area contributed by atoms with Crippen molar-refractivity contribution >= 4 is 46.6 Å². The first kappa shape index (κ1) is 17.2. The Hall–Kier alpha value is -2.18. The van der Waals surface area contributed by atoms with Gasteiger partial charge in [-0.05, 0) is 42.6 Å². The number of benzene rings is 1. The molecule has 0 aliphatic heterocycles. The molecule has 1 N–H and O–H groups in total. The molecule has 1 aromatic heterocycles. The fourth-order valence-electron chi connectivity index (χ4n) is 1.63. The molecule has 0 bridgehead atoms. The van der Waals surface area contributed by atoms with Gasteiger partial charge in [-0.2, -0.15) is 0 Å². The Morgan fingerprint density at radius 1 is 1.39 bits per heavy atom. The predicted octanol–water partition coefficient (Wildman–Crippen LogP) is 4.12. The molecule has 0 spiro atoms. The highest BCUT2D eigenvalue weighted by Crippen LogP contribution is 2.19. The molecular formula is C16H13ClFNO3S. The van der Waals surface area contributed by atoms with Crippen LogP contribution in [0.2, 0.25) is 5.02 Å². The molecule has 2 aromatic rings. The fraction of sp³-hybridized carbons (Fsp3) is 0.125. The zero-order valence-corrected chi connectivity index (χ0v) is 13.7. The van der Waals surface area contributed by atoms with Crippen LogP contribution >= 0.6 is 22.9 Å². The summed E-state index contributed by atoms with van der Waals surface area (Å²) in [5.41, 5.74) is -0.0311. The summed E-state index contributed by atoms with van der Waals surface area (Å²) in [6.45, 7) is 1.40. The number of ether oxygens (including phenoxy) is 1. The molecule has 0 unspecified atom stereocenters. The second kappa shape index (κ2) is 7.89. The molecule has 7 heteroatoms. The number of esters is 1. The first-order valence-electron chi connectivity index (χ1n) is 6.64. The average Bonchev–Trinajstić information content (AvgIpc) is 3.01. The van der Waals surface area contributed by atoms with Crippen molar-refractivity contribution in [2.75, 3.05) is 5.32 Å². The summed E-state index contributed by atoms with van der Waals surface area (Å²) in [5, 5.41) is 4.44. The molecule has 0 aliphatic carbocycles. The van der Waals surface area contributed by atoms with E-state index >= 15 is 0 Å². The van der Waals surface area contributed by atoms with Crippen molar-refractivity contribution in [1.82, 2.24) is 0 Å². The molecule has 120 valence electrons. The molecule has 0 saturated carbocycles. The van der Waals surface area contributed by atoms with Crippen LogP contribution in [-0.2, 0) is 14.3 Å². The topological polar surface area (TPSA) is 55.4 Å². The molecule has 4 nitrogen and oxygen atoms in total. The average molecular weight is 354 g/mol. The van der Waals surface area contributed by atoms with Gasteiger partial charge in [0, 0.05) is 16.0 Å². The third-order valence-electron chi connectivity index (χ3n) is 2.78. The van der Waals surface area contributed by atoms with Gasteiger partial charge in [-0.1, -0.05) is 17.7 Å². The summed E-state index contributed by atoms with van der Waals surface area (Å²) in [7, 11) is 0. The van der Waals surface area contributed by atoms with Crippen LogP contribution < -0.4 is 5.32 Å². The number of anilines is 1. The van der Waals surface area contributed by atoms with Gasteiger partial charge in [-0.15, -0.1) is 11.3 Å². The smallest absolute Gasteiger partial charge is 0.331 e. The molecule has 1 amide bonds. The largest absolute Gasteiger partial charge is 0.449 e. The van der Waals surface area contributed by atoms with E-state index in [1.807, 2.05) is 17.5 Å². The van der Waals surface area contributed by atoms with Gasteiger partial charge in [0.2, 0.25) is 0 Å². The molecule has 1 atom stereocenters. The van der Waals surface area contributed by atoms with E-state index in [-0.39, 0.29) is 10.7 Å². The van der Waals surface area contributed by atoms with Gasteiger partial charge < -0.3 is 10.1 Å². The van der Waals surface area contributed by atoms with Crippen LogP contribution in [0.3, 0.4) is 0 Å². The summed E-state index contributed by atoms with van der Waals surface area (Å²) in [6, 6.07) is 7.55. The van der Waals surface area contributed by atoms with Gasteiger partial charge in [0.25, 0.3) is 5.91 Å². The Labute approximate surface area is 141 Å². The zero-order chi connectivity index (χ0) is 16.8. The van der Waals surface area contributed by atoms with Crippen molar-refractivity contribution in [3.63, 3.8) is 0 Å². The maximum Gasteiger partial charge on any atom is 0.331 e. The lowest BCUT2D eigenvalue weighted by molar-refractivity contribution is -0.148. The van der Waals surface area contributed by atoms with E-state index in [1.54, 1.807) is 6.08 Å². The number of rotatable bonds is 5. The van der Waals surface area contributed by atoms with E-state index in [9.17, 15) is 14.0 Å². The standard InChI is InChI=1S/C16H13ClFNO3S/c1-10(22-15(20)7-5-12-3-2-8-23-12)16(21)19-14-6-4-11(17)9-13(14)18/h2-10H,1H3,(H,19,21)/b7-5+/t10-/m0/s1. The van der Waals surface area contributed by atoms with Crippen LogP contribution in [0, 0.1) is 5.82 Å². The SMILES string of the molecule is C[C@H](OC(=O)/C=C/c1cccs1)C(=O)Nc1ccc(Cl)cc1F. The molecule has 0 saturated heterocycles. The third kappa shape index (κ3) is 5.19. The van der Waals surface area contributed by atoms with Gasteiger partial charge in [-0.25, -0.2) is 9.18 Å². The van der Waals surface area contributed by atoms with Crippen LogP contribution in [0.1, 0.15) is 11.8 Å². The van der Waals surface area contributed by atoms with E-state index in [1.165, 1.54) is 36.5 Å². The Bertz CT molecular complexity index is 731. The minimum Gasteiger partial charge on any atom is -0.449 e. The van der Waals surface area contributed by atoms with Crippen LogP contribution in [0.25, 0.3) is 6.08 Å². The number of thiophene rings is 1. The lowest BCUT2D eigenvalue weighted by atomic mass is 10.3. The first-order valence-corrected chi connectivity index (χ1v) is 7.89. The maximum atomic E-state index is 13.6. The second-order valence-electron chi connectivity index (χ2n) is 4.54. The first-order chi connectivity index (χ1) is 11.0. The highest BCUT2D eigenvalue weighted by molar-refractivity contribution is 7.10. The molecule has 1 aromatic carbocycles. The van der Waals surface area contributed by atoms with E-state index in [2.05, 4.69) is 5.32 Å². The van der Waals surface area contributed by atoms with Crippen molar-refractivity contribution in [2.45, 2.75) is 13.0 Å². The van der Waals surface area contributed by atoms with Gasteiger partial charge in [-0.3, -0.25) is 4.79 Å². The summed E-state index contributed by atoms with van der Waals surface area (Å²) < 4.78 is 18.6. The van der Waals surface area contributed by atoms with Gasteiger partial charge in [0.1, 0.15) is 5.82 Å². The highest BCUT2D eigenvalue weighted by atomic mass is 35.5. The zero-order valence-electron chi connectivity index (χ0n) is 12.1. The molecular weight excluding hydrogens is 341 g/mol. The number of hydrogen-bond acceptors (Lipinski definition) is 4. The minimum absolute atomic E-state index is 0.0311. The van der Waals surface area contributed by atoms with Crippen molar-refractivity contribution in [1.29, 1.82) is 0 Å². The summed E-state index contributed by atoms with van der Waals surface area (Å²) in [6.07, 6.45) is 1.76. The van der Waals surface area contributed by atoms with E-state index < -0.39 is 23.8 Å². The lowest BCUT2D eigenvalue weighted by Gasteiger charge is -2.12. The number of halogens is 2. The van der Waals surface area contributed by atoms with Gasteiger partial charge in [0.05, 0.1) is 5.69 Å². The molecule has 0 fully saturated rings. The number of amides is 1. The number of nitrogens with one attached hydrogen (secondary N) is 1. The Morgan fingerprint density at radius 2 is 2.17 bits per heavy atom. The third-order valence-corrected chi connectivity index (χ3v) is 3.85. The quantitative estimate of drug-likeness (QED) is 0.649. The fourth-order valence-corrected chi connectivity index (χ4v) is 2.41. The van der Waals surface area contributed by atoms with Crippen LogP contribution in [0.5, 0.6) is 0 Å². The summed E-state index contributed by atoms with van der Waals surface area (Å²) in [5.74, 6) is -1.95. The molecule has 1 heterocycles. The summed E-state index contributed by atoms with van der Waals surface area (Å²) in [4.78, 5) is 24.4. The Balaban J connectivity index is 1.90. The van der Waals surface area contributed by atoms with Crippen LogP contribution in [0.15, 0.2) is 41.8 Å². The molecule has 0 radical (unpaired) electrons. The number of carbonyl (C=O) groups is 2. The molecule has 23 heavy (non-hydrogen) atoms. The van der Waals surface area contributed by atoms with Crippen molar-refractivity contribution in [3.05, 3.63) is 57.5 Å². The van der Waals surface area contributed by atoms with Crippen molar-refractivity contribution in [3.8, 4) is 0 Å².